The number of nitrogens with one attached hydrogen (secondary N) is 1. The van der Waals surface area contributed by atoms with Crippen molar-refractivity contribution in [2.24, 2.45) is 0 Å². The zero-order chi connectivity index (χ0) is 21.1. The third kappa shape index (κ3) is 3.71. The van der Waals surface area contributed by atoms with Gasteiger partial charge < -0.3 is 24.6 Å². The van der Waals surface area contributed by atoms with Crippen molar-refractivity contribution < 1.29 is 24.1 Å². The van der Waals surface area contributed by atoms with Crippen LogP contribution in [0.4, 0.5) is 0 Å². The number of hydrogen-bond donors (Lipinski definition) is 2. The van der Waals surface area contributed by atoms with E-state index >= 15 is 0 Å². The van der Waals surface area contributed by atoms with Crippen molar-refractivity contribution in [3.63, 3.8) is 0 Å². The van der Waals surface area contributed by atoms with Crippen LogP contribution in [0.1, 0.15) is 24.5 Å². The molecule has 3 rings (SSSR count). The lowest BCUT2D eigenvalue weighted by Gasteiger charge is -2.23. The summed E-state index contributed by atoms with van der Waals surface area (Å²) in [4.78, 5) is 11.8. The minimum Gasteiger partial charge on any atom is -0.493 e. The van der Waals surface area contributed by atoms with Gasteiger partial charge in [0, 0.05) is 12.5 Å². The number of ether oxygens (including phenoxy) is 3. The molecule has 29 heavy (non-hydrogen) atoms. The zero-order valence-electron chi connectivity index (χ0n) is 16.9. The number of carbonyl (C=O) groups excluding carboxylic acids is 1. The fraction of sp³-hybridized carbons (Fsp3) is 0.364. The maximum absolute atomic E-state index is 11.8. The number of amides is 1. The monoisotopic (exact) mass is 396 g/mol. The maximum atomic E-state index is 11.8. The quantitative estimate of drug-likeness (QED) is 0.810. The number of carbonyl (C=O) groups is 1. The molecule has 0 bridgehead atoms. The number of rotatable bonds is 4. The Balaban J connectivity index is 2.33. The number of methoxy groups -OCH3 is 3. The average Bonchev–Trinajstić information content (AvgIpc) is 2.95. The van der Waals surface area contributed by atoms with Gasteiger partial charge in [0.05, 0.1) is 39.0 Å². The Labute approximate surface area is 169 Å². The summed E-state index contributed by atoms with van der Waals surface area (Å²) in [6.07, 6.45) is 5.21. The van der Waals surface area contributed by atoms with Crippen LogP contribution in [0, 0.1) is 11.3 Å². The van der Waals surface area contributed by atoms with E-state index in [1.165, 1.54) is 6.92 Å². The maximum Gasteiger partial charge on any atom is 0.217 e. The summed E-state index contributed by atoms with van der Waals surface area (Å²) in [5, 5.41) is 22.8. The Bertz CT molecular complexity index is 968. The van der Waals surface area contributed by atoms with Crippen molar-refractivity contribution in [1.82, 2.24) is 5.32 Å². The van der Waals surface area contributed by atoms with E-state index in [1.54, 1.807) is 39.6 Å². The fourth-order valence-electron chi connectivity index (χ4n) is 3.90. The summed E-state index contributed by atoms with van der Waals surface area (Å²) in [6.45, 7) is 1.46. The van der Waals surface area contributed by atoms with Gasteiger partial charge in [-0.15, -0.1) is 0 Å². The number of allylic oxidation sites excluding steroid dienone is 2. The Morgan fingerprint density at radius 1 is 1.21 bits per heavy atom. The van der Waals surface area contributed by atoms with Crippen LogP contribution >= 0.6 is 0 Å². The molecule has 0 saturated heterocycles. The number of aryl methyl sites for hydroxylation is 1. The lowest BCUT2D eigenvalue weighted by Crippen LogP contribution is -2.35. The first-order valence-corrected chi connectivity index (χ1v) is 9.26. The van der Waals surface area contributed by atoms with Gasteiger partial charge in [-0.1, -0.05) is 6.08 Å². The van der Waals surface area contributed by atoms with Gasteiger partial charge in [0.25, 0.3) is 0 Å². The first-order valence-electron chi connectivity index (χ1n) is 9.26. The van der Waals surface area contributed by atoms with E-state index in [2.05, 4.69) is 5.32 Å². The molecule has 0 fully saturated rings. The lowest BCUT2D eigenvalue weighted by atomic mass is 9.91. The Morgan fingerprint density at radius 2 is 1.93 bits per heavy atom. The third-order valence-corrected chi connectivity index (χ3v) is 5.16. The van der Waals surface area contributed by atoms with Crippen LogP contribution in [0.3, 0.4) is 0 Å². The largest absolute Gasteiger partial charge is 0.493 e. The normalized spacial score (nSPS) is 20.3. The van der Waals surface area contributed by atoms with Crippen molar-refractivity contribution in [1.29, 1.82) is 5.26 Å². The number of aliphatic hydroxyl groups is 1. The molecule has 2 atom stereocenters. The molecule has 0 spiro atoms. The van der Waals surface area contributed by atoms with Gasteiger partial charge in [-0.3, -0.25) is 4.79 Å². The summed E-state index contributed by atoms with van der Waals surface area (Å²) >= 11 is 0. The third-order valence-electron chi connectivity index (χ3n) is 5.16. The molecule has 2 N–H and O–H groups in total. The van der Waals surface area contributed by atoms with Crippen molar-refractivity contribution in [2.45, 2.75) is 31.9 Å². The van der Waals surface area contributed by atoms with Crippen LogP contribution in [0.25, 0.3) is 5.57 Å². The predicted molar refractivity (Wildman–Crippen MR) is 108 cm³/mol. The van der Waals surface area contributed by atoms with E-state index in [9.17, 15) is 15.2 Å². The van der Waals surface area contributed by atoms with Gasteiger partial charge in [0.2, 0.25) is 11.7 Å². The van der Waals surface area contributed by atoms with Gasteiger partial charge in [0.15, 0.2) is 11.5 Å². The summed E-state index contributed by atoms with van der Waals surface area (Å²) in [5.74, 6) is 1.34. The number of nitrogens with zero attached hydrogens (tertiary/aromatic N) is 1. The van der Waals surface area contributed by atoms with Crippen LogP contribution in [-0.4, -0.2) is 44.5 Å². The van der Waals surface area contributed by atoms with Crippen LogP contribution in [0.2, 0.25) is 0 Å². The molecule has 7 nitrogen and oxygen atoms in total. The average molecular weight is 396 g/mol. The highest BCUT2D eigenvalue weighted by atomic mass is 16.5. The Hall–Kier alpha value is -3.24. The van der Waals surface area contributed by atoms with E-state index in [4.69, 9.17) is 14.2 Å². The summed E-state index contributed by atoms with van der Waals surface area (Å²) < 4.78 is 16.7. The minimum absolute atomic E-state index is 0.171. The van der Waals surface area contributed by atoms with E-state index in [1.807, 2.05) is 12.1 Å². The van der Waals surface area contributed by atoms with Crippen LogP contribution in [0.5, 0.6) is 17.2 Å². The zero-order valence-corrected chi connectivity index (χ0v) is 16.9. The number of aliphatic hydroxyl groups excluding tert-OH is 1. The standard InChI is InChI=1S/C22H24N2O5/c1-12(25)24-17-8-6-13-9-19(27-2)21(28-3)22(29-4)20(13)15-7-5-14(11-23)18(26)10-16(15)17/h5,7,9-10,17-18,26H,6,8H2,1-4H3,(H,24,25)/t17-,18-/m0/s1. The summed E-state index contributed by atoms with van der Waals surface area (Å²) in [6, 6.07) is 3.61. The molecule has 1 amide bonds. The van der Waals surface area contributed by atoms with Crippen LogP contribution < -0.4 is 19.5 Å². The topological polar surface area (TPSA) is 101 Å². The van der Waals surface area contributed by atoms with Crippen LogP contribution in [0.15, 0.2) is 35.4 Å². The van der Waals surface area contributed by atoms with Gasteiger partial charge in [-0.05, 0) is 47.8 Å². The molecule has 2 aliphatic rings. The number of nitriles is 1. The minimum atomic E-state index is -1.06. The number of hydrogen-bond acceptors (Lipinski definition) is 6. The van der Waals surface area contributed by atoms with Gasteiger partial charge in [0.1, 0.15) is 6.10 Å². The van der Waals surface area contributed by atoms with Gasteiger partial charge >= 0.3 is 0 Å². The number of fused-ring (bicyclic) bond motifs is 3. The molecular weight excluding hydrogens is 372 g/mol. The fourth-order valence-corrected chi connectivity index (χ4v) is 3.90. The molecule has 152 valence electrons. The Morgan fingerprint density at radius 3 is 2.52 bits per heavy atom. The molecule has 0 radical (unpaired) electrons. The van der Waals surface area contributed by atoms with E-state index in [0.717, 1.165) is 22.3 Å². The van der Waals surface area contributed by atoms with E-state index in [-0.39, 0.29) is 17.5 Å². The molecule has 0 aromatic heterocycles. The highest BCUT2D eigenvalue weighted by Gasteiger charge is 2.32. The molecule has 0 saturated carbocycles. The molecule has 0 unspecified atom stereocenters. The van der Waals surface area contributed by atoms with Crippen molar-refractivity contribution in [2.75, 3.05) is 21.3 Å². The predicted octanol–water partition coefficient (Wildman–Crippen LogP) is 2.30. The van der Waals surface area contributed by atoms with Crippen LogP contribution in [-0.2, 0) is 11.2 Å². The second kappa shape index (κ2) is 8.41. The molecule has 7 heteroatoms. The van der Waals surface area contributed by atoms with Crippen molar-refractivity contribution in [3.05, 3.63) is 46.6 Å². The van der Waals surface area contributed by atoms with E-state index in [0.29, 0.717) is 30.1 Å². The molecule has 1 aromatic rings. The molecule has 0 aliphatic heterocycles. The SMILES string of the molecule is COc1cc2c(c(OC)c1OC)C1=CC=C(C#N)[C@@H](O)C=C1[C@@H](NC(C)=O)CC2. The highest BCUT2D eigenvalue weighted by Crippen LogP contribution is 2.49. The molecule has 0 heterocycles. The lowest BCUT2D eigenvalue weighted by molar-refractivity contribution is -0.119. The summed E-state index contributed by atoms with van der Waals surface area (Å²) in [7, 11) is 4.66. The smallest absolute Gasteiger partial charge is 0.217 e. The second-order valence-corrected chi connectivity index (χ2v) is 6.85. The Kier molecular flexibility index (Phi) is 5.95. The molecule has 2 aliphatic carbocycles. The van der Waals surface area contributed by atoms with Crippen molar-refractivity contribution >= 4 is 11.5 Å². The van der Waals surface area contributed by atoms with Gasteiger partial charge in [-0.25, -0.2) is 0 Å². The first kappa shape index (κ1) is 20.5. The second-order valence-electron chi connectivity index (χ2n) is 6.85. The molecule has 1 aromatic carbocycles. The van der Waals surface area contributed by atoms with E-state index < -0.39 is 6.10 Å². The van der Waals surface area contributed by atoms with Crippen molar-refractivity contribution in [3.8, 4) is 23.3 Å². The molecular formula is C22H24N2O5. The van der Waals surface area contributed by atoms with Gasteiger partial charge in [-0.2, -0.15) is 5.26 Å². The highest BCUT2D eigenvalue weighted by molar-refractivity contribution is 5.90. The number of benzene rings is 1. The summed E-state index contributed by atoms with van der Waals surface area (Å²) in [5.41, 5.74) is 3.48. The first-order chi connectivity index (χ1) is 13.9.